The number of carboxylic acids is 1. The minimum absolute atomic E-state index is 0.323. The van der Waals surface area contributed by atoms with Crippen molar-refractivity contribution in [3.8, 4) is 0 Å². The number of carboxylic acid groups (broad SMARTS) is 1. The molecule has 0 unspecified atom stereocenters. The van der Waals surface area contributed by atoms with Crippen LogP contribution in [0.25, 0.3) is 0 Å². The van der Waals surface area contributed by atoms with Gasteiger partial charge >= 0.3 is 5.97 Å². The zero-order valence-electron chi connectivity index (χ0n) is 7.56. The lowest BCUT2D eigenvalue weighted by molar-refractivity contribution is 0.0690. The number of hydrogen-bond donors (Lipinski definition) is 2. The average molecular weight is 167 g/mol. The zero-order chi connectivity index (χ0) is 9.30. The van der Waals surface area contributed by atoms with Crippen molar-refractivity contribution in [3.63, 3.8) is 0 Å². The molecule has 0 bridgehead atoms. The maximum atomic E-state index is 10.7. The summed E-state index contributed by atoms with van der Waals surface area (Å²) in [6.07, 6.45) is 0.876. The van der Waals surface area contributed by atoms with Gasteiger partial charge in [-0.2, -0.15) is 0 Å². The Labute approximate surface area is 71.4 Å². The largest absolute Gasteiger partial charge is 0.477 e. The fourth-order valence-electron chi connectivity index (χ4n) is 1.53. The Hall–Kier alpha value is -1.25. The summed E-state index contributed by atoms with van der Waals surface area (Å²) in [5.41, 5.74) is 3.27. The Morgan fingerprint density at radius 3 is 2.33 bits per heavy atom. The van der Waals surface area contributed by atoms with E-state index in [1.807, 2.05) is 20.8 Å². The lowest BCUT2D eigenvalue weighted by Gasteiger charge is -1.95. The van der Waals surface area contributed by atoms with Crippen LogP contribution >= 0.6 is 0 Å². The number of aromatic carboxylic acids is 1. The first-order valence-corrected chi connectivity index (χ1v) is 3.99. The lowest BCUT2D eigenvalue weighted by atomic mass is 10.1. The number of hydrogen-bond acceptors (Lipinski definition) is 1. The van der Waals surface area contributed by atoms with E-state index in [9.17, 15) is 4.79 Å². The van der Waals surface area contributed by atoms with Crippen molar-refractivity contribution in [2.45, 2.75) is 27.2 Å². The van der Waals surface area contributed by atoms with Crippen LogP contribution in [-0.2, 0) is 6.42 Å². The predicted molar refractivity (Wildman–Crippen MR) is 46.6 cm³/mol. The third kappa shape index (κ3) is 1.22. The van der Waals surface area contributed by atoms with Gasteiger partial charge in [0.25, 0.3) is 0 Å². The van der Waals surface area contributed by atoms with E-state index in [-0.39, 0.29) is 0 Å². The van der Waals surface area contributed by atoms with Crippen molar-refractivity contribution in [2.24, 2.45) is 0 Å². The van der Waals surface area contributed by atoms with Gasteiger partial charge in [-0.25, -0.2) is 4.79 Å². The van der Waals surface area contributed by atoms with Gasteiger partial charge in [0, 0.05) is 5.69 Å². The van der Waals surface area contributed by atoms with Crippen LogP contribution in [-0.4, -0.2) is 16.1 Å². The quantitative estimate of drug-likeness (QED) is 0.706. The van der Waals surface area contributed by atoms with Gasteiger partial charge in [-0.15, -0.1) is 0 Å². The number of aromatic amines is 1. The number of aromatic nitrogens is 1. The zero-order valence-corrected chi connectivity index (χ0v) is 7.56. The number of carbonyl (C=O) groups is 1. The van der Waals surface area contributed by atoms with Gasteiger partial charge < -0.3 is 10.1 Å². The van der Waals surface area contributed by atoms with Crippen molar-refractivity contribution in [3.05, 3.63) is 22.5 Å². The molecular weight excluding hydrogens is 154 g/mol. The molecule has 0 radical (unpaired) electrons. The Bertz CT molecular complexity index is 313. The van der Waals surface area contributed by atoms with Crippen molar-refractivity contribution in [1.82, 2.24) is 4.98 Å². The molecule has 0 aliphatic carbocycles. The molecule has 0 aliphatic heterocycles. The molecule has 0 aromatic carbocycles. The maximum Gasteiger partial charge on any atom is 0.352 e. The highest BCUT2D eigenvalue weighted by molar-refractivity contribution is 5.88. The van der Waals surface area contributed by atoms with Gasteiger partial charge in [0.1, 0.15) is 5.69 Å². The van der Waals surface area contributed by atoms with E-state index in [1.165, 1.54) is 0 Å². The van der Waals surface area contributed by atoms with E-state index >= 15 is 0 Å². The lowest BCUT2D eigenvalue weighted by Crippen LogP contribution is -1.98. The molecule has 0 spiro atoms. The van der Waals surface area contributed by atoms with E-state index in [0.29, 0.717) is 5.69 Å². The monoisotopic (exact) mass is 167 g/mol. The number of rotatable bonds is 2. The topological polar surface area (TPSA) is 53.1 Å². The standard InChI is InChI=1S/C9H13NO2/c1-4-7-5(2)8(9(11)12)10-6(7)3/h10H,4H2,1-3H3,(H,11,12). The molecular formula is C9H13NO2. The van der Waals surface area contributed by atoms with Crippen molar-refractivity contribution in [1.29, 1.82) is 0 Å². The average Bonchev–Trinajstić information content (AvgIpc) is 2.27. The smallest absolute Gasteiger partial charge is 0.352 e. The third-order valence-electron chi connectivity index (χ3n) is 2.16. The Morgan fingerprint density at radius 1 is 1.50 bits per heavy atom. The van der Waals surface area contributed by atoms with Crippen LogP contribution in [0.1, 0.15) is 34.2 Å². The van der Waals surface area contributed by atoms with E-state index in [1.54, 1.807) is 0 Å². The Kier molecular flexibility index (Phi) is 2.22. The highest BCUT2D eigenvalue weighted by atomic mass is 16.4. The summed E-state index contributed by atoms with van der Waals surface area (Å²) in [5, 5.41) is 8.77. The molecule has 0 fully saturated rings. The van der Waals surface area contributed by atoms with Crippen LogP contribution in [0.3, 0.4) is 0 Å². The summed E-state index contributed by atoms with van der Waals surface area (Å²) in [4.78, 5) is 13.5. The summed E-state index contributed by atoms with van der Waals surface area (Å²) in [6, 6.07) is 0. The first-order valence-electron chi connectivity index (χ1n) is 3.99. The highest BCUT2D eigenvalue weighted by Crippen LogP contribution is 2.17. The van der Waals surface area contributed by atoms with Gasteiger partial charge in [-0.1, -0.05) is 6.92 Å². The second-order valence-corrected chi connectivity index (χ2v) is 2.89. The van der Waals surface area contributed by atoms with Gasteiger partial charge in [-0.05, 0) is 31.4 Å². The molecule has 3 heteroatoms. The first-order chi connectivity index (χ1) is 5.57. The number of aryl methyl sites for hydroxylation is 1. The molecule has 0 saturated carbocycles. The third-order valence-corrected chi connectivity index (χ3v) is 2.16. The second kappa shape index (κ2) is 3.01. The minimum atomic E-state index is -0.879. The van der Waals surface area contributed by atoms with E-state index < -0.39 is 5.97 Å². The van der Waals surface area contributed by atoms with Crippen molar-refractivity contribution >= 4 is 5.97 Å². The summed E-state index contributed by atoms with van der Waals surface area (Å²) in [6.45, 7) is 5.76. The molecule has 2 N–H and O–H groups in total. The van der Waals surface area contributed by atoms with E-state index in [2.05, 4.69) is 4.98 Å². The van der Waals surface area contributed by atoms with Crippen LogP contribution in [0.5, 0.6) is 0 Å². The molecule has 0 saturated heterocycles. The molecule has 0 amide bonds. The molecule has 12 heavy (non-hydrogen) atoms. The highest BCUT2D eigenvalue weighted by Gasteiger charge is 2.14. The molecule has 1 heterocycles. The van der Waals surface area contributed by atoms with Crippen LogP contribution in [0.2, 0.25) is 0 Å². The predicted octanol–water partition coefficient (Wildman–Crippen LogP) is 1.89. The van der Waals surface area contributed by atoms with E-state index in [0.717, 1.165) is 23.2 Å². The first kappa shape index (κ1) is 8.84. The molecule has 66 valence electrons. The molecule has 0 aliphatic rings. The van der Waals surface area contributed by atoms with Crippen LogP contribution in [0.4, 0.5) is 0 Å². The van der Waals surface area contributed by atoms with Crippen molar-refractivity contribution < 1.29 is 9.90 Å². The summed E-state index contributed by atoms with van der Waals surface area (Å²) >= 11 is 0. The van der Waals surface area contributed by atoms with Crippen molar-refractivity contribution in [2.75, 3.05) is 0 Å². The fourth-order valence-corrected chi connectivity index (χ4v) is 1.53. The summed E-state index contributed by atoms with van der Waals surface area (Å²) in [7, 11) is 0. The van der Waals surface area contributed by atoms with E-state index in [4.69, 9.17) is 5.11 Å². The van der Waals surface area contributed by atoms with Gasteiger partial charge in [0.15, 0.2) is 0 Å². The van der Waals surface area contributed by atoms with Crippen LogP contribution < -0.4 is 0 Å². The Morgan fingerprint density at radius 2 is 2.08 bits per heavy atom. The van der Waals surface area contributed by atoms with Gasteiger partial charge in [-0.3, -0.25) is 0 Å². The summed E-state index contributed by atoms with van der Waals surface area (Å²) < 4.78 is 0. The number of nitrogens with one attached hydrogen (secondary N) is 1. The number of H-pyrrole nitrogens is 1. The molecule has 1 rings (SSSR count). The minimum Gasteiger partial charge on any atom is -0.477 e. The van der Waals surface area contributed by atoms with Gasteiger partial charge in [0.05, 0.1) is 0 Å². The fraction of sp³-hybridized carbons (Fsp3) is 0.444. The summed E-state index contributed by atoms with van der Waals surface area (Å²) in [5.74, 6) is -0.879. The molecule has 1 aromatic rings. The normalized spacial score (nSPS) is 10.2. The Balaban J connectivity index is 3.26. The van der Waals surface area contributed by atoms with Crippen LogP contribution in [0.15, 0.2) is 0 Å². The molecule has 1 aromatic heterocycles. The SMILES string of the molecule is CCc1c(C)[nH]c(C(=O)O)c1C. The molecule has 0 atom stereocenters. The van der Waals surface area contributed by atoms with Crippen LogP contribution in [0, 0.1) is 13.8 Å². The second-order valence-electron chi connectivity index (χ2n) is 2.89. The van der Waals surface area contributed by atoms with Gasteiger partial charge in [0.2, 0.25) is 0 Å². The molecule has 3 nitrogen and oxygen atoms in total. The maximum absolute atomic E-state index is 10.7.